The first-order valence-corrected chi connectivity index (χ1v) is 8.64. The van der Waals surface area contributed by atoms with Crippen LogP contribution in [-0.2, 0) is 9.53 Å². The highest BCUT2D eigenvalue weighted by atomic mass is 16.6. The summed E-state index contributed by atoms with van der Waals surface area (Å²) in [6, 6.07) is 6.04. The summed E-state index contributed by atoms with van der Waals surface area (Å²) in [6.07, 6.45) is 7.10. The van der Waals surface area contributed by atoms with Crippen molar-refractivity contribution in [1.82, 2.24) is 10.6 Å². The number of nitro benzene ring substituents is 1. The van der Waals surface area contributed by atoms with Gasteiger partial charge in [0, 0.05) is 42.1 Å². The Balaban J connectivity index is 2.27. The van der Waals surface area contributed by atoms with Crippen LogP contribution in [0.2, 0.25) is 0 Å². The summed E-state index contributed by atoms with van der Waals surface area (Å²) in [5, 5.41) is 27.5. The number of benzene rings is 1. The van der Waals surface area contributed by atoms with Gasteiger partial charge in [-0.25, -0.2) is 4.79 Å². The maximum atomic E-state index is 12.1. The van der Waals surface area contributed by atoms with Crippen LogP contribution >= 0.6 is 0 Å². The topological polar surface area (TPSA) is 114 Å². The number of carbonyl (C=O) groups is 1. The highest BCUT2D eigenvalue weighted by Crippen LogP contribution is 2.44. The van der Waals surface area contributed by atoms with Crippen LogP contribution < -0.4 is 10.6 Å². The van der Waals surface area contributed by atoms with Crippen LogP contribution in [0.25, 0.3) is 0 Å². The summed E-state index contributed by atoms with van der Waals surface area (Å²) in [5.74, 6) is -1.85. The average Bonchev–Trinajstić information content (AvgIpc) is 2.67. The minimum absolute atomic E-state index is 0.103. The standard InChI is InChI=1S/C20H21N3O5/c1-12-16(19(24)25)17(14-7-6-8-15(11-14)23(26)27)18(13(2)22-12)20(28-3)9-4-5-10-21-20/h4-11,17,21-22H,1-3H3,(H,24,25). The second-order valence-electron chi connectivity index (χ2n) is 6.59. The van der Waals surface area contributed by atoms with E-state index >= 15 is 0 Å². The van der Waals surface area contributed by atoms with Gasteiger partial charge in [-0.15, -0.1) is 0 Å². The maximum absolute atomic E-state index is 12.1. The van der Waals surface area contributed by atoms with E-state index < -0.39 is 22.5 Å². The number of rotatable bonds is 5. The number of methoxy groups -OCH3 is 1. The number of dihydropyridines is 2. The van der Waals surface area contributed by atoms with Crippen molar-refractivity contribution < 1.29 is 19.6 Å². The molecule has 3 N–H and O–H groups in total. The molecule has 0 aromatic heterocycles. The summed E-state index contributed by atoms with van der Waals surface area (Å²) in [7, 11) is 1.52. The lowest BCUT2D eigenvalue weighted by atomic mass is 9.75. The van der Waals surface area contributed by atoms with Gasteiger partial charge >= 0.3 is 5.97 Å². The molecule has 0 saturated carbocycles. The Bertz CT molecular complexity index is 960. The zero-order chi connectivity index (χ0) is 20.5. The first kappa shape index (κ1) is 19.4. The molecule has 8 nitrogen and oxygen atoms in total. The molecule has 3 rings (SSSR count). The minimum atomic E-state index is -1.10. The van der Waals surface area contributed by atoms with Gasteiger partial charge in [0.1, 0.15) is 0 Å². The number of nitrogens with one attached hydrogen (secondary N) is 2. The zero-order valence-electron chi connectivity index (χ0n) is 15.7. The van der Waals surface area contributed by atoms with Crippen molar-refractivity contribution in [2.75, 3.05) is 7.11 Å². The molecule has 0 aliphatic carbocycles. The molecule has 0 amide bonds. The smallest absolute Gasteiger partial charge is 0.334 e. The predicted octanol–water partition coefficient (Wildman–Crippen LogP) is 2.93. The number of hydrogen-bond acceptors (Lipinski definition) is 6. The van der Waals surface area contributed by atoms with Crippen LogP contribution in [0.3, 0.4) is 0 Å². The van der Waals surface area contributed by atoms with E-state index in [9.17, 15) is 20.0 Å². The Morgan fingerprint density at radius 2 is 2.04 bits per heavy atom. The number of carboxylic acid groups (broad SMARTS) is 1. The molecular formula is C20H21N3O5. The Labute approximate surface area is 162 Å². The second-order valence-corrected chi connectivity index (χ2v) is 6.59. The number of hydrogen-bond donors (Lipinski definition) is 3. The molecule has 0 spiro atoms. The van der Waals surface area contributed by atoms with Crippen molar-refractivity contribution in [1.29, 1.82) is 0 Å². The number of non-ortho nitro benzene ring substituents is 1. The first-order chi connectivity index (χ1) is 13.3. The molecule has 0 radical (unpaired) electrons. The van der Waals surface area contributed by atoms with Gasteiger partial charge in [-0.3, -0.25) is 10.1 Å². The van der Waals surface area contributed by atoms with Crippen LogP contribution in [0, 0.1) is 10.1 Å². The average molecular weight is 383 g/mol. The number of carboxylic acids is 1. The minimum Gasteiger partial charge on any atom is -0.478 e. The van der Waals surface area contributed by atoms with E-state index in [0.717, 1.165) is 0 Å². The van der Waals surface area contributed by atoms with Crippen molar-refractivity contribution in [2.45, 2.75) is 25.5 Å². The van der Waals surface area contributed by atoms with Crippen molar-refractivity contribution >= 4 is 11.7 Å². The fourth-order valence-corrected chi connectivity index (χ4v) is 3.79. The lowest BCUT2D eigenvalue weighted by Gasteiger charge is -2.41. The van der Waals surface area contributed by atoms with E-state index in [1.54, 1.807) is 43.5 Å². The monoisotopic (exact) mass is 383 g/mol. The molecule has 2 aliphatic rings. The van der Waals surface area contributed by atoms with Gasteiger partial charge < -0.3 is 20.5 Å². The third kappa shape index (κ3) is 3.18. The predicted molar refractivity (Wildman–Crippen MR) is 103 cm³/mol. The highest BCUT2D eigenvalue weighted by molar-refractivity contribution is 5.91. The van der Waals surface area contributed by atoms with E-state index in [1.807, 2.05) is 6.92 Å². The molecule has 1 aromatic rings. The normalized spacial score (nSPS) is 24.0. The molecule has 0 fully saturated rings. The molecule has 1 aromatic carbocycles. The molecule has 2 heterocycles. The molecule has 2 aliphatic heterocycles. The van der Waals surface area contributed by atoms with Crippen molar-refractivity contribution in [2.24, 2.45) is 0 Å². The highest BCUT2D eigenvalue weighted by Gasteiger charge is 2.44. The Morgan fingerprint density at radius 3 is 2.61 bits per heavy atom. The lowest BCUT2D eigenvalue weighted by molar-refractivity contribution is -0.384. The molecule has 0 saturated heterocycles. The van der Waals surface area contributed by atoms with Crippen LogP contribution in [0.15, 0.2) is 71.2 Å². The van der Waals surface area contributed by atoms with E-state index in [-0.39, 0.29) is 11.3 Å². The van der Waals surface area contributed by atoms with Gasteiger partial charge in [-0.05, 0) is 37.8 Å². The number of aliphatic carboxylic acids is 1. The summed E-state index contributed by atoms with van der Waals surface area (Å²) in [6.45, 7) is 3.51. The number of ether oxygens (including phenoxy) is 1. The second kappa shape index (κ2) is 7.32. The van der Waals surface area contributed by atoms with Crippen molar-refractivity contribution in [3.05, 3.63) is 86.9 Å². The molecule has 0 bridgehead atoms. The molecule has 146 valence electrons. The van der Waals surface area contributed by atoms with Crippen LogP contribution in [0.4, 0.5) is 5.69 Å². The summed E-state index contributed by atoms with van der Waals surface area (Å²) in [5.41, 5.74) is 1.24. The summed E-state index contributed by atoms with van der Waals surface area (Å²) < 4.78 is 5.78. The third-order valence-corrected chi connectivity index (χ3v) is 4.96. The van der Waals surface area contributed by atoms with Crippen LogP contribution in [-0.4, -0.2) is 28.8 Å². The van der Waals surface area contributed by atoms with Gasteiger partial charge in [-0.2, -0.15) is 0 Å². The van der Waals surface area contributed by atoms with Gasteiger partial charge in [0.15, 0.2) is 5.72 Å². The third-order valence-electron chi connectivity index (χ3n) is 4.96. The Kier molecular flexibility index (Phi) is 5.06. The molecule has 2 unspecified atom stereocenters. The van der Waals surface area contributed by atoms with Crippen LogP contribution in [0.1, 0.15) is 25.3 Å². The fourth-order valence-electron chi connectivity index (χ4n) is 3.79. The van der Waals surface area contributed by atoms with Gasteiger partial charge in [0.25, 0.3) is 5.69 Å². The van der Waals surface area contributed by atoms with E-state index in [4.69, 9.17) is 4.74 Å². The van der Waals surface area contributed by atoms with Crippen molar-refractivity contribution in [3.8, 4) is 0 Å². The number of nitrogens with zero attached hydrogens (tertiary/aromatic N) is 1. The van der Waals surface area contributed by atoms with Gasteiger partial charge in [0.05, 0.1) is 10.5 Å². The maximum Gasteiger partial charge on any atom is 0.334 e. The quantitative estimate of drug-likeness (QED) is 0.529. The molecule has 28 heavy (non-hydrogen) atoms. The van der Waals surface area contributed by atoms with Gasteiger partial charge in [0.2, 0.25) is 0 Å². The Morgan fingerprint density at radius 1 is 1.29 bits per heavy atom. The largest absolute Gasteiger partial charge is 0.478 e. The lowest BCUT2D eigenvalue weighted by Crippen LogP contribution is -2.50. The van der Waals surface area contributed by atoms with E-state index in [0.29, 0.717) is 22.5 Å². The van der Waals surface area contributed by atoms with E-state index in [1.165, 1.54) is 19.2 Å². The number of nitro groups is 1. The molecule has 2 atom stereocenters. The van der Waals surface area contributed by atoms with Crippen molar-refractivity contribution in [3.63, 3.8) is 0 Å². The molecule has 8 heteroatoms. The zero-order valence-corrected chi connectivity index (χ0v) is 15.7. The summed E-state index contributed by atoms with van der Waals surface area (Å²) >= 11 is 0. The van der Waals surface area contributed by atoms with Gasteiger partial charge in [-0.1, -0.05) is 18.2 Å². The van der Waals surface area contributed by atoms with E-state index in [2.05, 4.69) is 10.6 Å². The summed E-state index contributed by atoms with van der Waals surface area (Å²) in [4.78, 5) is 22.9. The molecular weight excluding hydrogens is 362 g/mol. The van der Waals surface area contributed by atoms with Crippen LogP contribution in [0.5, 0.6) is 0 Å². The number of allylic oxidation sites excluding steroid dienone is 4. The SMILES string of the molecule is COC1(C2=C(C)NC(C)=C(C(=O)O)C2c2cccc([N+](=O)[O-])c2)C=CC=CN1. The fraction of sp³-hybridized carbons (Fsp3) is 0.250. The first-order valence-electron chi connectivity index (χ1n) is 8.64. The Hall–Kier alpha value is -3.39.